The Morgan fingerprint density at radius 1 is 1.33 bits per heavy atom. The summed E-state index contributed by atoms with van der Waals surface area (Å²) in [6, 6.07) is 0. The van der Waals surface area contributed by atoms with Crippen LogP contribution in [0.25, 0.3) is 0 Å². The molecular weight excluding hydrogens is 242 g/mol. The molecule has 12 heavy (non-hydrogen) atoms. The van der Waals surface area contributed by atoms with Crippen molar-refractivity contribution in [2.24, 2.45) is 0 Å². The minimum absolute atomic E-state index is 0.117. The van der Waals surface area contributed by atoms with E-state index in [-0.39, 0.29) is 11.6 Å². The predicted molar refractivity (Wildman–Crippen MR) is 49.8 cm³/mol. The molecule has 64 valence electrons. The summed E-state index contributed by atoms with van der Waals surface area (Å²) in [6.45, 7) is 2.85. The molecule has 5 heteroatoms. The number of aromatic nitrogens is 1. The van der Waals surface area contributed by atoms with E-state index < -0.39 is 0 Å². The Kier molecular flexibility index (Phi) is 2.74. The molecule has 1 aromatic heterocycles. The van der Waals surface area contributed by atoms with Crippen molar-refractivity contribution in [1.82, 2.24) is 4.98 Å². The first-order chi connectivity index (χ1) is 5.52. The highest BCUT2D eigenvalue weighted by atomic mass is 79.9. The number of carbonyl (C=O) groups is 2. The molecule has 0 unspecified atom stereocenters. The lowest BCUT2D eigenvalue weighted by molar-refractivity contribution is 0.101. The zero-order valence-electron chi connectivity index (χ0n) is 6.55. The van der Waals surface area contributed by atoms with Crippen LogP contribution in [-0.4, -0.2) is 16.6 Å². The second-order valence-corrected chi connectivity index (χ2v) is 4.57. The first kappa shape index (κ1) is 9.54. The molecule has 0 saturated carbocycles. The van der Waals surface area contributed by atoms with Gasteiger partial charge in [0.15, 0.2) is 16.6 Å². The van der Waals surface area contributed by atoms with Crippen molar-refractivity contribution < 1.29 is 9.59 Å². The van der Waals surface area contributed by atoms with Crippen LogP contribution in [0.15, 0.2) is 3.79 Å². The number of nitrogens with zero attached hydrogens (tertiary/aromatic N) is 1. The van der Waals surface area contributed by atoms with E-state index >= 15 is 0 Å². The second kappa shape index (κ2) is 3.45. The summed E-state index contributed by atoms with van der Waals surface area (Å²) in [5, 5.41) is 0.368. The van der Waals surface area contributed by atoms with E-state index in [0.29, 0.717) is 14.5 Å². The number of Topliss-reactive ketones (excluding diaryl/α,β-unsaturated/α-hetero) is 2. The van der Waals surface area contributed by atoms with Gasteiger partial charge in [0, 0.05) is 13.8 Å². The maximum absolute atomic E-state index is 10.9. The highest BCUT2D eigenvalue weighted by Gasteiger charge is 2.14. The van der Waals surface area contributed by atoms with Crippen molar-refractivity contribution in [1.29, 1.82) is 0 Å². The molecule has 0 fully saturated rings. The Morgan fingerprint density at radius 3 is 2.17 bits per heavy atom. The van der Waals surface area contributed by atoms with E-state index in [9.17, 15) is 9.59 Å². The fraction of sp³-hybridized carbons (Fsp3) is 0.286. The number of carbonyl (C=O) groups excluding carboxylic acids is 2. The van der Waals surface area contributed by atoms with Gasteiger partial charge in [0.05, 0.1) is 0 Å². The molecule has 3 nitrogen and oxygen atoms in total. The molecule has 1 heterocycles. The monoisotopic (exact) mass is 247 g/mol. The molecule has 0 saturated heterocycles. The Morgan fingerprint density at radius 2 is 1.92 bits per heavy atom. The van der Waals surface area contributed by atoms with Crippen LogP contribution in [-0.2, 0) is 0 Å². The zero-order valence-corrected chi connectivity index (χ0v) is 8.95. The third kappa shape index (κ3) is 1.78. The third-order valence-corrected chi connectivity index (χ3v) is 3.03. The standard InChI is InChI=1S/C7H6BrNO2S/c1-3(10)5-6(8)12-7(9-5)4(2)11/h1-2H3. The Balaban J connectivity index is 3.17. The molecule has 0 atom stereocenters. The van der Waals surface area contributed by atoms with Crippen LogP contribution in [0.1, 0.15) is 34.1 Å². The molecule has 0 aromatic carbocycles. The molecule has 0 aliphatic heterocycles. The largest absolute Gasteiger partial charge is 0.293 e. The van der Waals surface area contributed by atoms with Gasteiger partial charge in [-0.05, 0) is 15.9 Å². The van der Waals surface area contributed by atoms with E-state index in [2.05, 4.69) is 20.9 Å². The van der Waals surface area contributed by atoms with Gasteiger partial charge in [-0.1, -0.05) is 0 Å². The molecule has 0 spiro atoms. The normalized spacial score (nSPS) is 9.92. The first-order valence-electron chi connectivity index (χ1n) is 3.20. The second-order valence-electron chi connectivity index (χ2n) is 2.25. The molecule has 1 aromatic rings. The number of hydrogen-bond acceptors (Lipinski definition) is 4. The highest BCUT2D eigenvalue weighted by molar-refractivity contribution is 9.11. The summed E-state index contributed by atoms with van der Waals surface area (Å²) >= 11 is 4.35. The smallest absolute Gasteiger partial charge is 0.188 e. The van der Waals surface area contributed by atoms with Crippen LogP contribution in [0, 0.1) is 0 Å². The molecular formula is C7H6BrNO2S. The quantitative estimate of drug-likeness (QED) is 0.754. The van der Waals surface area contributed by atoms with Crippen molar-refractivity contribution in [2.45, 2.75) is 13.8 Å². The van der Waals surface area contributed by atoms with Crippen molar-refractivity contribution in [3.8, 4) is 0 Å². The highest BCUT2D eigenvalue weighted by Crippen LogP contribution is 2.25. The number of ketones is 2. The number of rotatable bonds is 2. The minimum Gasteiger partial charge on any atom is -0.293 e. The van der Waals surface area contributed by atoms with E-state index in [0.717, 1.165) is 0 Å². The van der Waals surface area contributed by atoms with E-state index in [4.69, 9.17) is 0 Å². The first-order valence-corrected chi connectivity index (χ1v) is 4.81. The lowest BCUT2D eigenvalue weighted by Crippen LogP contribution is -1.96. The molecule has 0 amide bonds. The molecule has 0 bridgehead atoms. The van der Waals surface area contributed by atoms with Gasteiger partial charge in [0.2, 0.25) is 0 Å². The average molecular weight is 248 g/mol. The Hall–Kier alpha value is -0.550. The summed E-state index contributed by atoms with van der Waals surface area (Å²) in [5.74, 6) is -0.251. The maximum atomic E-state index is 10.9. The lowest BCUT2D eigenvalue weighted by Gasteiger charge is -1.85. The number of thiazole rings is 1. The SMILES string of the molecule is CC(=O)c1nc(C(C)=O)c(Br)s1. The van der Waals surface area contributed by atoms with Gasteiger partial charge < -0.3 is 0 Å². The summed E-state index contributed by atoms with van der Waals surface area (Å²) in [4.78, 5) is 25.6. The van der Waals surface area contributed by atoms with Crippen LogP contribution in [0.3, 0.4) is 0 Å². The third-order valence-electron chi connectivity index (χ3n) is 1.22. The van der Waals surface area contributed by atoms with Gasteiger partial charge in [0.1, 0.15) is 9.48 Å². The van der Waals surface area contributed by atoms with Crippen LogP contribution in [0.4, 0.5) is 0 Å². The van der Waals surface area contributed by atoms with Crippen LogP contribution in [0.2, 0.25) is 0 Å². The van der Waals surface area contributed by atoms with E-state index in [1.165, 1.54) is 25.2 Å². The van der Waals surface area contributed by atoms with Gasteiger partial charge in [0.25, 0.3) is 0 Å². The van der Waals surface area contributed by atoms with Crippen molar-refractivity contribution in [3.63, 3.8) is 0 Å². The summed E-state index contributed by atoms with van der Waals surface area (Å²) < 4.78 is 0.625. The predicted octanol–water partition coefficient (Wildman–Crippen LogP) is 2.31. The minimum atomic E-state index is -0.134. The van der Waals surface area contributed by atoms with Gasteiger partial charge in [-0.2, -0.15) is 0 Å². The molecule has 0 aliphatic carbocycles. The lowest BCUT2D eigenvalue weighted by atomic mass is 10.3. The van der Waals surface area contributed by atoms with Crippen LogP contribution < -0.4 is 0 Å². The van der Waals surface area contributed by atoms with Gasteiger partial charge >= 0.3 is 0 Å². The molecule has 0 radical (unpaired) electrons. The fourth-order valence-corrected chi connectivity index (χ4v) is 2.23. The Bertz CT molecular complexity index is 345. The van der Waals surface area contributed by atoms with E-state index in [1.807, 2.05) is 0 Å². The van der Waals surface area contributed by atoms with Crippen LogP contribution >= 0.6 is 27.3 Å². The summed E-state index contributed by atoms with van der Waals surface area (Å²) in [5.41, 5.74) is 0.338. The van der Waals surface area contributed by atoms with Crippen LogP contribution in [0.5, 0.6) is 0 Å². The summed E-state index contributed by atoms with van der Waals surface area (Å²) in [7, 11) is 0. The van der Waals surface area contributed by atoms with E-state index in [1.54, 1.807) is 0 Å². The summed E-state index contributed by atoms with van der Waals surface area (Å²) in [6.07, 6.45) is 0. The van der Waals surface area contributed by atoms with Gasteiger partial charge in [-0.15, -0.1) is 11.3 Å². The molecule has 0 N–H and O–H groups in total. The number of hydrogen-bond donors (Lipinski definition) is 0. The topological polar surface area (TPSA) is 47.0 Å². The molecule has 0 aliphatic rings. The average Bonchev–Trinajstić information content (AvgIpc) is 2.30. The van der Waals surface area contributed by atoms with Crippen molar-refractivity contribution in [2.75, 3.05) is 0 Å². The van der Waals surface area contributed by atoms with Crippen molar-refractivity contribution >= 4 is 38.8 Å². The van der Waals surface area contributed by atoms with Crippen molar-refractivity contribution in [3.05, 3.63) is 14.5 Å². The van der Waals surface area contributed by atoms with Gasteiger partial charge in [-0.25, -0.2) is 4.98 Å². The maximum Gasteiger partial charge on any atom is 0.188 e. The number of halogens is 1. The molecule has 1 rings (SSSR count). The fourth-order valence-electron chi connectivity index (χ4n) is 0.669. The zero-order chi connectivity index (χ0) is 9.30. The Labute approximate surface area is 81.9 Å². The van der Waals surface area contributed by atoms with Gasteiger partial charge in [-0.3, -0.25) is 9.59 Å².